The number of pyridine rings is 1. The molecule has 4 heterocycles. The van der Waals surface area contributed by atoms with Crippen LogP contribution in [0.15, 0.2) is 41.8 Å². The first-order valence-corrected chi connectivity index (χ1v) is 17.4. The van der Waals surface area contributed by atoms with Gasteiger partial charge in [-0.3, -0.25) is 0 Å². The second-order valence-electron chi connectivity index (χ2n) is 10.7. The summed E-state index contributed by atoms with van der Waals surface area (Å²) >= 11 is 0. The number of ether oxygens (including phenoxy) is 1. The van der Waals surface area contributed by atoms with Crippen molar-refractivity contribution in [1.29, 1.82) is 0 Å². The number of aromatic nitrogens is 4. The van der Waals surface area contributed by atoms with Gasteiger partial charge in [0.05, 0.1) is 5.39 Å². The molecule has 12 heteroatoms. The highest BCUT2D eigenvalue weighted by Gasteiger charge is 2.29. The third-order valence-corrected chi connectivity index (χ3v) is 10.1. The number of rotatable bonds is 10. The minimum Gasteiger partial charge on any atom is -0.361 e. The van der Waals surface area contributed by atoms with Crippen LogP contribution in [-0.4, -0.2) is 87.2 Å². The van der Waals surface area contributed by atoms with Gasteiger partial charge in [0.25, 0.3) is 0 Å². The average Bonchev–Trinajstić information content (AvgIpc) is 3.48. The van der Waals surface area contributed by atoms with Crippen molar-refractivity contribution in [2.24, 2.45) is 0 Å². The van der Waals surface area contributed by atoms with Crippen molar-refractivity contribution in [3.8, 4) is 0 Å². The van der Waals surface area contributed by atoms with Crippen LogP contribution >= 0.6 is 0 Å². The zero-order valence-electron chi connectivity index (χ0n) is 22.0. The first-order valence-electron chi connectivity index (χ1n) is 12.2. The van der Waals surface area contributed by atoms with Gasteiger partial charge in [0, 0.05) is 67.3 Å². The van der Waals surface area contributed by atoms with Crippen molar-refractivity contribution < 1.29 is 13.2 Å². The van der Waals surface area contributed by atoms with Crippen LogP contribution in [0.2, 0.25) is 25.7 Å². The molecule has 10 nitrogen and oxygen atoms in total. The van der Waals surface area contributed by atoms with E-state index in [1.807, 2.05) is 17.8 Å². The van der Waals surface area contributed by atoms with E-state index in [0.29, 0.717) is 6.73 Å². The van der Waals surface area contributed by atoms with Gasteiger partial charge in [0.2, 0.25) is 10.0 Å². The molecule has 1 saturated heterocycles. The highest BCUT2D eigenvalue weighted by atomic mass is 32.2. The summed E-state index contributed by atoms with van der Waals surface area (Å²) in [7, 11) is 0.417. The Balaban J connectivity index is 1.43. The van der Waals surface area contributed by atoms with E-state index >= 15 is 0 Å². The number of hydrogen-bond donors (Lipinski definition) is 0. The molecule has 0 N–H and O–H groups in total. The van der Waals surface area contributed by atoms with Gasteiger partial charge in [0.1, 0.15) is 35.2 Å². The van der Waals surface area contributed by atoms with Crippen molar-refractivity contribution in [1.82, 2.24) is 23.8 Å². The van der Waals surface area contributed by atoms with E-state index in [2.05, 4.69) is 50.5 Å². The van der Waals surface area contributed by atoms with Crippen molar-refractivity contribution in [3.05, 3.63) is 36.9 Å². The second kappa shape index (κ2) is 10.4. The van der Waals surface area contributed by atoms with E-state index in [1.165, 1.54) is 24.6 Å². The van der Waals surface area contributed by atoms with Gasteiger partial charge in [-0.2, -0.15) is 0 Å². The third-order valence-electron chi connectivity index (χ3n) is 6.63. The lowest BCUT2D eigenvalue weighted by molar-refractivity contribution is 0.0899. The number of fused-ring (bicyclic) bond motifs is 1. The Morgan fingerprint density at radius 3 is 2.56 bits per heavy atom. The van der Waals surface area contributed by atoms with Crippen LogP contribution in [0.1, 0.15) is 6.42 Å². The number of hydrogen-bond acceptors (Lipinski definition) is 8. The van der Waals surface area contributed by atoms with Gasteiger partial charge < -0.3 is 19.1 Å². The molecule has 0 amide bonds. The summed E-state index contributed by atoms with van der Waals surface area (Å²) in [5, 5.41) is 1.02. The predicted molar refractivity (Wildman–Crippen MR) is 146 cm³/mol. The highest BCUT2D eigenvalue weighted by molar-refractivity contribution is 7.89. The highest BCUT2D eigenvalue weighted by Crippen LogP contribution is 2.29. The van der Waals surface area contributed by atoms with Crippen molar-refractivity contribution in [3.63, 3.8) is 0 Å². The molecular formula is C24H37N7O3SSi. The molecule has 0 aliphatic carbocycles. The summed E-state index contributed by atoms with van der Waals surface area (Å²) in [6, 6.07) is 6.81. The molecule has 1 atom stereocenters. The minimum absolute atomic E-state index is 0.190. The van der Waals surface area contributed by atoms with Gasteiger partial charge >= 0.3 is 0 Å². The fourth-order valence-electron chi connectivity index (χ4n) is 4.27. The second-order valence-corrected chi connectivity index (χ2v) is 18.5. The zero-order valence-corrected chi connectivity index (χ0v) is 23.9. The maximum absolute atomic E-state index is 12.3. The summed E-state index contributed by atoms with van der Waals surface area (Å²) in [6.45, 7) is 9.96. The van der Waals surface area contributed by atoms with E-state index in [9.17, 15) is 8.42 Å². The maximum atomic E-state index is 12.3. The monoisotopic (exact) mass is 531 g/mol. The normalized spacial score (nSPS) is 16.9. The molecule has 3 aromatic rings. The fraction of sp³-hybridized carbons (Fsp3) is 0.542. The Kier molecular flexibility index (Phi) is 7.69. The van der Waals surface area contributed by atoms with Gasteiger partial charge in [-0.15, -0.1) is 0 Å². The Labute approximate surface area is 215 Å². The quantitative estimate of drug-likeness (QED) is 0.291. The Hall–Kier alpha value is -2.54. The molecule has 1 aliphatic rings. The standard InChI is InChI=1S/C24H37N7O3SSi/c1-28(2)35(32,33)20-7-8-22(25-15-20)29(3)19-9-11-30(16-19)23-21-10-12-31(24(21)27-17-26-23)18-34-13-14-36(4,5)6/h7-8,10,12,15,17,19H,9,11,13-14,16,18H2,1-6H3/t19-/m1/s1. The number of anilines is 2. The molecule has 0 spiro atoms. The van der Waals surface area contributed by atoms with E-state index in [4.69, 9.17) is 4.74 Å². The summed E-state index contributed by atoms with van der Waals surface area (Å²) < 4.78 is 33.8. The van der Waals surface area contributed by atoms with E-state index in [1.54, 1.807) is 18.5 Å². The van der Waals surface area contributed by atoms with Crippen LogP contribution in [0.25, 0.3) is 11.0 Å². The zero-order chi connectivity index (χ0) is 26.1. The minimum atomic E-state index is -3.50. The van der Waals surface area contributed by atoms with Crippen LogP contribution in [0.4, 0.5) is 11.6 Å². The molecule has 0 radical (unpaired) electrons. The summed E-state index contributed by atoms with van der Waals surface area (Å²) in [5.74, 6) is 1.67. The van der Waals surface area contributed by atoms with E-state index in [-0.39, 0.29) is 10.9 Å². The van der Waals surface area contributed by atoms with Gasteiger partial charge in [-0.05, 0) is 30.7 Å². The van der Waals surface area contributed by atoms with Gasteiger partial charge in [0.15, 0.2) is 0 Å². The Bertz CT molecular complexity index is 1290. The van der Waals surface area contributed by atoms with Crippen LogP contribution in [-0.2, 0) is 21.5 Å². The Morgan fingerprint density at radius 2 is 1.89 bits per heavy atom. The van der Waals surface area contributed by atoms with Crippen molar-refractivity contribution in [2.75, 3.05) is 50.6 Å². The van der Waals surface area contributed by atoms with E-state index < -0.39 is 18.1 Å². The van der Waals surface area contributed by atoms with Crippen LogP contribution < -0.4 is 9.80 Å². The van der Waals surface area contributed by atoms with Crippen molar-refractivity contribution in [2.45, 2.75) is 49.8 Å². The molecule has 0 aromatic carbocycles. The molecule has 1 fully saturated rings. The molecule has 196 valence electrons. The molecule has 1 aliphatic heterocycles. The molecule has 4 rings (SSSR count). The lowest BCUT2D eigenvalue weighted by Gasteiger charge is -2.26. The lowest BCUT2D eigenvalue weighted by atomic mass is 10.2. The number of nitrogens with zero attached hydrogens (tertiary/aromatic N) is 7. The largest absolute Gasteiger partial charge is 0.361 e. The molecule has 0 saturated carbocycles. The summed E-state index contributed by atoms with van der Waals surface area (Å²) in [6.07, 6.45) is 6.02. The summed E-state index contributed by atoms with van der Waals surface area (Å²) in [4.78, 5) is 18.2. The van der Waals surface area contributed by atoms with Crippen LogP contribution in [0, 0.1) is 0 Å². The summed E-state index contributed by atoms with van der Waals surface area (Å²) in [5.41, 5.74) is 0.879. The molecule has 3 aromatic heterocycles. The first kappa shape index (κ1) is 26.5. The van der Waals surface area contributed by atoms with Crippen LogP contribution in [0.5, 0.6) is 0 Å². The van der Waals surface area contributed by atoms with E-state index in [0.717, 1.165) is 54.8 Å². The van der Waals surface area contributed by atoms with Gasteiger partial charge in [-0.1, -0.05) is 19.6 Å². The first-order chi connectivity index (χ1) is 17.0. The molecule has 36 heavy (non-hydrogen) atoms. The lowest BCUT2D eigenvalue weighted by Crippen LogP contribution is -2.35. The predicted octanol–water partition coefficient (Wildman–Crippen LogP) is 3.10. The smallest absolute Gasteiger partial charge is 0.244 e. The average molecular weight is 532 g/mol. The molecule has 0 unspecified atom stereocenters. The maximum Gasteiger partial charge on any atom is 0.244 e. The van der Waals surface area contributed by atoms with Gasteiger partial charge in [-0.25, -0.2) is 27.7 Å². The number of likely N-dealkylation sites (N-methyl/N-ethyl adjacent to an activating group) is 1. The molecule has 0 bridgehead atoms. The van der Waals surface area contributed by atoms with Crippen molar-refractivity contribution >= 4 is 40.8 Å². The Morgan fingerprint density at radius 1 is 1.11 bits per heavy atom. The SMILES string of the molecule is CN(c1ccc(S(=O)(=O)N(C)C)cn1)[C@@H]1CCN(c2ncnc3c2ccn3COCC[Si](C)(C)C)C1. The molecular weight excluding hydrogens is 494 g/mol. The van der Waals surface area contributed by atoms with Crippen LogP contribution in [0.3, 0.4) is 0 Å². The number of sulfonamides is 1. The third kappa shape index (κ3) is 5.71. The fourth-order valence-corrected chi connectivity index (χ4v) is 5.87. The topological polar surface area (TPSA) is 96.7 Å².